The fourth-order valence-electron chi connectivity index (χ4n) is 1.37. The first kappa shape index (κ1) is 13.3. The third-order valence-corrected chi connectivity index (χ3v) is 2.15. The van der Waals surface area contributed by atoms with Crippen LogP contribution in [-0.2, 0) is 9.47 Å². The molecule has 1 fully saturated rings. The molecule has 2 atom stereocenters. The number of alkyl carbamates (subject to hydrolysis) is 1. The maximum absolute atomic E-state index is 11.4. The molecule has 0 aromatic rings. The first-order valence-corrected chi connectivity index (χ1v) is 5.68. The van der Waals surface area contributed by atoms with Crippen molar-refractivity contribution < 1.29 is 14.3 Å². The highest BCUT2D eigenvalue weighted by molar-refractivity contribution is 5.67. The average molecular weight is 230 g/mol. The van der Waals surface area contributed by atoms with Crippen LogP contribution in [0.25, 0.3) is 0 Å². The highest BCUT2D eigenvalue weighted by atomic mass is 16.6. The highest BCUT2D eigenvalue weighted by Gasteiger charge is 2.20. The Kier molecular flexibility index (Phi) is 4.56. The maximum atomic E-state index is 11.4. The molecule has 0 aromatic carbocycles. The van der Waals surface area contributed by atoms with Gasteiger partial charge in [-0.05, 0) is 27.7 Å². The number of amides is 1. The fourth-order valence-corrected chi connectivity index (χ4v) is 1.37. The second-order valence-corrected chi connectivity index (χ2v) is 5.15. The van der Waals surface area contributed by atoms with Gasteiger partial charge in [-0.15, -0.1) is 0 Å². The summed E-state index contributed by atoms with van der Waals surface area (Å²) in [6, 6.07) is 0.387. The van der Waals surface area contributed by atoms with E-state index in [0.717, 1.165) is 6.54 Å². The van der Waals surface area contributed by atoms with Gasteiger partial charge in [-0.2, -0.15) is 0 Å². The zero-order valence-corrected chi connectivity index (χ0v) is 10.5. The Bertz CT molecular complexity index is 230. The van der Waals surface area contributed by atoms with Crippen molar-refractivity contribution in [3.05, 3.63) is 0 Å². The number of hydrogen-bond acceptors (Lipinski definition) is 4. The lowest BCUT2D eigenvalue weighted by Crippen LogP contribution is -2.49. The molecule has 1 heterocycles. The molecule has 5 heteroatoms. The Hall–Kier alpha value is -0.810. The molecule has 2 unspecified atom stereocenters. The molecule has 0 aromatic heterocycles. The molecule has 1 rings (SSSR count). The average Bonchev–Trinajstić information content (AvgIpc) is 2.14. The summed E-state index contributed by atoms with van der Waals surface area (Å²) in [5.41, 5.74) is -0.454. The largest absolute Gasteiger partial charge is 0.444 e. The highest BCUT2D eigenvalue weighted by Crippen LogP contribution is 2.06. The molecule has 1 amide bonds. The minimum absolute atomic E-state index is 0.0312. The first-order valence-electron chi connectivity index (χ1n) is 5.68. The Balaban J connectivity index is 2.17. The van der Waals surface area contributed by atoms with Crippen LogP contribution in [0.2, 0.25) is 0 Å². The van der Waals surface area contributed by atoms with Crippen LogP contribution in [0.15, 0.2) is 0 Å². The molecular weight excluding hydrogens is 208 g/mol. The Labute approximate surface area is 96.9 Å². The van der Waals surface area contributed by atoms with Gasteiger partial charge in [0.15, 0.2) is 0 Å². The van der Waals surface area contributed by atoms with Crippen LogP contribution in [0.1, 0.15) is 27.7 Å². The number of hydrogen-bond donors (Lipinski definition) is 2. The molecule has 94 valence electrons. The monoisotopic (exact) mass is 230 g/mol. The van der Waals surface area contributed by atoms with Crippen molar-refractivity contribution in [1.29, 1.82) is 0 Å². The van der Waals surface area contributed by atoms with Gasteiger partial charge in [0.2, 0.25) is 0 Å². The molecule has 1 saturated heterocycles. The van der Waals surface area contributed by atoms with Gasteiger partial charge in [0.05, 0.1) is 12.7 Å². The summed E-state index contributed by atoms with van der Waals surface area (Å²) < 4.78 is 10.7. The minimum atomic E-state index is -0.454. The van der Waals surface area contributed by atoms with E-state index in [2.05, 4.69) is 17.6 Å². The third-order valence-electron chi connectivity index (χ3n) is 2.15. The van der Waals surface area contributed by atoms with Crippen molar-refractivity contribution in [1.82, 2.24) is 10.6 Å². The molecular formula is C11H22N2O3. The number of nitrogens with one attached hydrogen (secondary N) is 2. The van der Waals surface area contributed by atoms with Crippen molar-refractivity contribution in [3.63, 3.8) is 0 Å². The summed E-state index contributed by atoms with van der Waals surface area (Å²) >= 11 is 0. The Morgan fingerprint density at radius 2 is 2.25 bits per heavy atom. The summed E-state index contributed by atoms with van der Waals surface area (Å²) in [5, 5.41) is 5.98. The van der Waals surface area contributed by atoms with Gasteiger partial charge in [-0.3, -0.25) is 0 Å². The zero-order chi connectivity index (χ0) is 12.2. The first-order chi connectivity index (χ1) is 7.37. The lowest BCUT2D eigenvalue weighted by atomic mass is 10.2. The van der Waals surface area contributed by atoms with E-state index in [1.165, 1.54) is 0 Å². The quantitative estimate of drug-likeness (QED) is 0.739. The molecule has 1 aliphatic rings. The van der Waals surface area contributed by atoms with E-state index in [4.69, 9.17) is 9.47 Å². The smallest absolute Gasteiger partial charge is 0.407 e. The van der Waals surface area contributed by atoms with Gasteiger partial charge < -0.3 is 20.1 Å². The summed E-state index contributed by atoms with van der Waals surface area (Å²) in [7, 11) is 0. The third kappa shape index (κ3) is 5.32. The molecule has 5 nitrogen and oxygen atoms in total. The molecule has 0 radical (unpaired) electrons. The molecule has 1 aliphatic heterocycles. The second kappa shape index (κ2) is 5.50. The summed E-state index contributed by atoms with van der Waals surface area (Å²) in [5.74, 6) is 0. The number of carbonyl (C=O) groups excluding carboxylic acids is 1. The number of ether oxygens (including phenoxy) is 2. The van der Waals surface area contributed by atoms with Gasteiger partial charge in [-0.1, -0.05) is 0 Å². The zero-order valence-electron chi connectivity index (χ0n) is 10.5. The summed E-state index contributed by atoms with van der Waals surface area (Å²) in [6.07, 6.45) is -0.363. The van der Waals surface area contributed by atoms with Crippen molar-refractivity contribution in [2.24, 2.45) is 0 Å². The molecule has 0 saturated carbocycles. The second-order valence-electron chi connectivity index (χ2n) is 5.15. The maximum Gasteiger partial charge on any atom is 0.407 e. The van der Waals surface area contributed by atoms with Crippen LogP contribution in [0.3, 0.4) is 0 Å². The minimum Gasteiger partial charge on any atom is -0.444 e. The van der Waals surface area contributed by atoms with Crippen LogP contribution in [0.5, 0.6) is 0 Å². The predicted octanol–water partition coefficient (Wildman–Crippen LogP) is 0.888. The van der Waals surface area contributed by atoms with Crippen LogP contribution in [0, 0.1) is 0 Å². The Morgan fingerprint density at radius 1 is 1.56 bits per heavy atom. The van der Waals surface area contributed by atoms with E-state index >= 15 is 0 Å². The normalized spacial score (nSPS) is 26.2. The van der Waals surface area contributed by atoms with Gasteiger partial charge in [-0.25, -0.2) is 4.79 Å². The van der Waals surface area contributed by atoms with Crippen molar-refractivity contribution in [2.75, 3.05) is 19.7 Å². The van der Waals surface area contributed by atoms with Crippen LogP contribution >= 0.6 is 0 Å². The van der Waals surface area contributed by atoms with E-state index in [-0.39, 0.29) is 6.10 Å². The molecule has 16 heavy (non-hydrogen) atoms. The van der Waals surface area contributed by atoms with Gasteiger partial charge >= 0.3 is 6.09 Å². The van der Waals surface area contributed by atoms with E-state index in [1.54, 1.807) is 0 Å². The summed E-state index contributed by atoms with van der Waals surface area (Å²) in [6.45, 7) is 9.51. The lowest BCUT2D eigenvalue weighted by molar-refractivity contribution is 0.00458. The van der Waals surface area contributed by atoms with Gasteiger partial charge in [0, 0.05) is 19.1 Å². The van der Waals surface area contributed by atoms with E-state index in [9.17, 15) is 4.79 Å². The number of carbonyl (C=O) groups is 1. The van der Waals surface area contributed by atoms with Crippen LogP contribution in [-0.4, -0.2) is 43.5 Å². The topological polar surface area (TPSA) is 59.6 Å². The predicted molar refractivity (Wildman–Crippen MR) is 61.4 cm³/mol. The molecule has 0 aliphatic carbocycles. The van der Waals surface area contributed by atoms with Gasteiger partial charge in [0.25, 0.3) is 0 Å². The van der Waals surface area contributed by atoms with Crippen molar-refractivity contribution in [3.8, 4) is 0 Å². The van der Waals surface area contributed by atoms with Crippen molar-refractivity contribution in [2.45, 2.75) is 45.4 Å². The fraction of sp³-hybridized carbons (Fsp3) is 0.909. The van der Waals surface area contributed by atoms with E-state index in [0.29, 0.717) is 19.2 Å². The SMILES string of the molecule is CC1COC(CNC(=O)OC(C)(C)C)CN1. The summed E-state index contributed by atoms with van der Waals surface area (Å²) in [4.78, 5) is 11.4. The van der Waals surface area contributed by atoms with E-state index < -0.39 is 11.7 Å². The number of rotatable bonds is 2. The number of morpholine rings is 1. The molecule has 2 N–H and O–H groups in total. The lowest BCUT2D eigenvalue weighted by Gasteiger charge is -2.28. The van der Waals surface area contributed by atoms with Crippen LogP contribution in [0.4, 0.5) is 4.79 Å². The van der Waals surface area contributed by atoms with Crippen molar-refractivity contribution >= 4 is 6.09 Å². The van der Waals surface area contributed by atoms with Gasteiger partial charge in [0.1, 0.15) is 5.60 Å². The van der Waals surface area contributed by atoms with Crippen LogP contribution < -0.4 is 10.6 Å². The standard InChI is InChI=1S/C11H22N2O3/c1-8-7-15-9(5-12-8)6-13-10(14)16-11(2,3)4/h8-9,12H,5-7H2,1-4H3,(H,13,14). The molecule has 0 spiro atoms. The molecule has 0 bridgehead atoms. The Morgan fingerprint density at radius 3 is 2.75 bits per heavy atom. The van der Waals surface area contributed by atoms with E-state index in [1.807, 2.05) is 20.8 Å².